The van der Waals surface area contributed by atoms with Crippen molar-refractivity contribution in [2.75, 3.05) is 6.54 Å². The topological polar surface area (TPSA) is 142 Å². The van der Waals surface area contributed by atoms with E-state index in [4.69, 9.17) is 5.73 Å². The molecule has 0 radical (unpaired) electrons. The molecule has 2 amide bonds. The van der Waals surface area contributed by atoms with Crippen LogP contribution in [0.15, 0.2) is 0 Å². The van der Waals surface area contributed by atoms with Crippen molar-refractivity contribution in [1.29, 1.82) is 0 Å². The van der Waals surface area contributed by atoms with E-state index in [1.165, 1.54) is 0 Å². The van der Waals surface area contributed by atoms with E-state index in [0.717, 1.165) is 32.1 Å². The zero-order valence-corrected chi connectivity index (χ0v) is 17.6. The summed E-state index contributed by atoms with van der Waals surface area (Å²) in [7, 11) is -2.75. The van der Waals surface area contributed by atoms with Crippen LogP contribution in [0.2, 0.25) is 0 Å². The minimum Gasteiger partial charge on any atom is -0.391 e. The number of hydrogen-bond acceptors (Lipinski definition) is 5. The monoisotopic (exact) mass is 405 g/mol. The SMILES string of the molecule is CC(C)[C@@H](N)C(=O)N[C@H](C)C(=O)NC[C@H](O)CC(C1CCCCC1)[PH](=O)O. The summed E-state index contributed by atoms with van der Waals surface area (Å²) in [6.45, 7) is 5.17. The van der Waals surface area contributed by atoms with Crippen molar-refractivity contribution < 1.29 is 24.2 Å². The lowest BCUT2D eigenvalue weighted by atomic mass is 9.85. The van der Waals surface area contributed by atoms with Crippen LogP contribution in [-0.2, 0) is 14.2 Å². The molecular formula is C18H36N3O5P. The second kappa shape index (κ2) is 11.8. The molecule has 158 valence electrons. The van der Waals surface area contributed by atoms with Crippen LogP contribution in [-0.4, -0.2) is 52.2 Å². The number of aliphatic hydroxyl groups excluding tert-OH is 1. The van der Waals surface area contributed by atoms with Gasteiger partial charge in [0.15, 0.2) is 8.03 Å². The number of amides is 2. The highest BCUT2D eigenvalue weighted by Gasteiger charge is 2.30. The fourth-order valence-electron chi connectivity index (χ4n) is 3.46. The third-order valence-corrected chi connectivity index (χ3v) is 6.69. The van der Waals surface area contributed by atoms with Crippen LogP contribution in [0.4, 0.5) is 0 Å². The molecule has 0 aromatic carbocycles. The van der Waals surface area contributed by atoms with Gasteiger partial charge < -0.3 is 26.4 Å². The molecular weight excluding hydrogens is 369 g/mol. The summed E-state index contributed by atoms with van der Waals surface area (Å²) in [4.78, 5) is 33.7. The molecule has 1 fully saturated rings. The smallest absolute Gasteiger partial charge is 0.242 e. The van der Waals surface area contributed by atoms with Gasteiger partial charge in [-0.15, -0.1) is 0 Å². The van der Waals surface area contributed by atoms with Gasteiger partial charge in [0.2, 0.25) is 11.8 Å². The third-order valence-electron chi connectivity index (χ3n) is 5.35. The zero-order valence-electron chi connectivity index (χ0n) is 16.6. The molecule has 0 aliphatic heterocycles. The second-order valence-electron chi connectivity index (χ2n) is 7.98. The molecule has 0 spiro atoms. The predicted octanol–water partition coefficient (Wildman–Crippen LogP) is 0.758. The van der Waals surface area contributed by atoms with Crippen LogP contribution < -0.4 is 16.4 Å². The molecule has 0 saturated heterocycles. The van der Waals surface area contributed by atoms with Gasteiger partial charge in [-0.1, -0.05) is 33.1 Å². The number of hydrogen-bond donors (Lipinski definition) is 5. The van der Waals surface area contributed by atoms with Gasteiger partial charge in [-0.2, -0.15) is 0 Å². The first kappa shape index (κ1) is 24.1. The Morgan fingerprint density at radius 3 is 2.26 bits per heavy atom. The van der Waals surface area contributed by atoms with Gasteiger partial charge >= 0.3 is 0 Å². The van der Waals surface area contributed by atoms with Gasteiger partial charge in [0.05, 0.1) is 12.1 Å². The Kier molecular flexibility index (Phi) is 10.5. The Bertz CT molecular complexity index is 511. The summed E-state index contributed by atoms with van der Waals surface area (Å²) >= 11 is 0. The highest BCUT2D eigenvalue weighted by molar-refractivity contribution is 7.38. The van der Waals surface area contributed by atoms with Crippen molar-refractivity contribution in [3.63, 3.8) is 0 Å². The predicted molar refractivity (Wildman–Crippen MR) is 106 cm³/mol. The zero-order chi connectivity index (χ0) is 20.6. The molecule has 5 atom stereocenters. The van der Waals surface area contributed by atoms with Gasteiger partial charge in [-0.3, -0.25) is 14.2 Å². The Balaban J connectivity index is 2.44. The molecule has 9 heteroatoms. The molecule has 1 saturated carbocycles. The van der Waals surface area contributed by atoms with Crippen molar-refractivity contribution in [3.8, 4) is 0 Å². The van der Waals surface area contributed by atoms with E-state index in [1.54, 1.807) is 6.92 Å². The van der Waals surface area contributed by atoms with Gasteiger partial charge in [0.25, 0.3) is 0 Å². The Hall–Kier alpha value is -0.950. The Morgan fingerprint density at radius 1 is 1.15 bits per heavy atom. The van der Waals surface area contributed by atoms with Crippen molar-refractivity contribution in [3.05, 3.63) is 0 Å². The number of carbonyl (C=O) groups is 2. The van der Waals surface area contributed by atoms with Gasteiger partial charge in [0.1, 0.15) is 6.04 Å². The fourth-order valence-corrected chi connectivity index (χ4v) is 4.67. The van der Waals surface area contributed by atoms with E-state index < -0.39 is 43.7 Å². The first-order chi connectivity index (χ1) is 12.6. The lowest BCUT2D eigenvalue weighted by Gasteiger charge is -2.30. The standard InChI is InChI=1S/C18H36N3O5P/c1-11(2)16(19)18(24)21-12(3)17(23)20-10-14(22)9-15(27(25)26)13-7-5-4-6-8-13/h11-16,22,27H,4-10,19H2,1-3H3,(H,20,23)(H,21,24)(H,25,26)/t12-,14-,15?,16-/m1/s1. The lowest BCUT2D eigenvalue weighted by Crippen LogP contribution is -2.52. The first-order valence-corrected chi connectivity index (χ1v) is 11.3. The molecule has 0 bridgehead atoms. The van der Waals surface area contributed by atoms with E-state index in [1.807, 2.05) is 13.8 Å². The van der Waals surface area contributed by atoms with E-state index in [0.29, 0.717) is 0 Å². The highest BCUT2D eigenvalue weighted by Crippen LogP contribution is 2.40. The maximum absolute atomic E-state index is 12.1. The number of nitrogens with one attached hydrogen (secondary N) is 2. The fraction of sp³-hybridized carbons (Fsp3) is 0.889. The summed E-state index contributed by atoms with van der Waals surface area (Å²) < 4.78 is 11.7. The van der Waals surface area contributed by atoms with Crippen molar-refractivity contribution in [1.82, 2.24) is 10.6 Å². The average Bonchev–Trinajstić information content (AvgIpc) is 2.63. The first-order valence-electron chi connectivity index (χ1n) is 9.88. The molecule has 2 unspecified atom stereocenters. The Morgan fingerprint density at radius 2 is 1.74 bits per heavy atom. The van der Waals surface area contributed by atoms with Crippen LogP contribution in [0.3, 0.4) is 0 Å². The highest BCUT2D eigenvalue weighted by atomic mass is 31.1. The molecule has 1 aliphatic carbocycles. The van der Waals surface area contributed by atoms with Crippen LogP contribution >= 0.6 is 8.03 Å². The molecule has 0 heterocycles. The number of rotatable bonds is 10. The van der Waals surface area contributed by atoms with Crippen molar-refractivity contribution >= 4 is 19.8 Å². The largest absolute Gasteiger partial charge is 0.391 e. The minimum absolute atomic E-state index is 0.0202. The van der Waals surface area contributed by atoms with Crippen LogP contribution in [0.5, 0.6) is 0 Å². The number of carbonyl (C=O) groups excluding carboxylic acids is 2. The van der Waals surface area contributed by atoms with Crippen molar-refractivity contribution in [2.45, 2.75) is 83.1 Å². The molecule has 1 aliphatic rings. The number of aliphatic hydroxyl groups is 1. The van der Waals surface area contributed by atoms with E-state index in [-0.39, 0.29) is 24.8 Å². The summed E-state index contributed by atoms with van der Waals surface area (Å²) in [5.74, 6) is -0.703. The van der Waals surface area contributed by atoms with Crippen LogP contribution in [0, 0.1) is 11.8 Å². The van der Waals surface area contributed by atoms with Crippen molar-refractivity contribution in [2.24, 2.45) is 17.6 Å². The molecule has 8 nitrogen and oxygen atoms in total. The summed E-state index contributed by atoms with van der Waals surface area (Å²) in [5, 5.41) is 15.4. The van der Waals surface area contributed by atoms with Gasteiger partial charge in [0, 0.05) is 12.2 Å². The molecule has 0 aromatic rings. The lowest BCUT2D eigenvalue weighted by molar-refractivity contribution is -0.129. The Labute approximate surface area is 162 Å². The maximum atomic E-state index is 12.1. The maximum Gasteiger partial charge on any atom is 0.242 e. The normalized spacial score (nSPS) is 21.1. The summed E-state index contributed by atoms with van der Waals surface area (Å²) in [5.41, 5.74) is 5.34. The minimum atomic E-state index is -2.75. The van der Waals surface area contributed by atoms with Gasteiger partial charge in [-0.25, -0.2) is 0 Å². The quantitative estimate of drug-likeness (QED) is 0.340. The third kappa shape index (κ3) is 8.30. The number of nitrogens with two attached hydrogens (primary N) is 1. The van der Waals surface area contributed by atoms with Crippen LogP contribution in [0.25, 0.3) is 0 Å². The van der Waals surface area contributed by atoms with E-state index in [2.05, 4.69) is 10.6 Å². The molecule has 27 heavy (non-hydrogen) atoms. The summed E-state index contributed by atoms with van der Waals surface area (Å²) in [6.07, 6.45) is 4.39. The second-order valence-corrected chi connectivity index (χ2v) is 9.40. The molecule has 1 rings (SSSR count). The van der Waals surface area contributed by atoms with E-state index >= 15 is 0 Å². The summed E-state index contributed by atoms with van der Waals surface area (Å²) in [6, 6.07) is -1.47. The van der Waals surface area contributed by atoms with E-state index in [9.17, 15) is 24.2 Å². The van der Waals surface area contributed by atoms with Gasteiger partial charge in [-0.05, 0) is 38.0 Å². The van der Waals surface area contributed by atoms with Crippen LogP contribution in [0.1, 0.15) is 59.3 Å². The molecule has 6 N–H and O–H groups in total. The average molecular weight is 405 g/mol. The molecule has 0 aromatic heterocycles.